The van der Waals surface area contributed by atoms with Gasteiger partial charge >= 0.3 is 11.9 Å². The summed E-state index contributed by atoms with van der Waals surface area (Å²) in [5.41, 5.74) is 7.40. The lowest BCUT2D eigenvalue weighted by Crippen LogP contribution is -2.29. The van der Waals surface area contributed by atoms with Gasteiger partial charge in [-0.1, -0.05) is 24.3 Å². The number of hydrogen-bond acceptors (Lipinski definition) is 6. The molecule has 0 spiro atoms. The van der Waals surface area contributed by atoms with Crippen LogP contribution < -0.4 is 16.2 Å². The van der Waals surface area contributed by atoms with E-state index in [-0.39, 0.29) is 12.2 Å². The number of carboxylic acid groups (broad SMARTS) is 1. The number of benzene rings is 2. The van der Waals surface area contributed by atoms with Crippen LogP contribution in [0.4, 0.5) is 11.4 Å². The van der Waals surface area contributed by atoms with E-state index in [9.17, 15) is 9.59 Å². The van der Waals surface area contributed by atoms with Crippen molar-refractivity contribution in [3.63, 3.8) is 0 Å². The number of aromatic carboxylic acids is 1. The Kier molecular flexibility index (Phi) is 5.54. The summed E-state index contributed by atoms with van der Waals surface area (Å²) in [5, 5.41) is 12.1. The third-order valence-electron chi connectivity index (χ3n) is 3.08. The number of methoxy groups -OCH3 is 1. The molecule has 0 aliphatic carbocycles. The molecule has 7 heteroatoms. The number of anilines is 2. The van der Waals surface area contributed by atoms with Crippen LogP contribution >= 0.6 is 0 Å². The summed E-state index contributed by atoms with van der Waals surface area (Å²) in [6, 6.07) is 13.5. The van der Waals surface area contributed by atoms with Gasteiger partial charge in [-0.3, -0.25) is 0 Å². The second-order valence-corrected chi connectivity index (χ2v) is 4.54. The van der Waals surface area contributed by atoms with Crippen LogP contribution in [-0.2, 0) is 4.74 Å². The molecule has 0 atom stereocenters. The maximum absolute atomic E-state index is 11.6. The molecule has 0 aliphatic rings. The summed E-state index contributed by atoms with van der Waals surface area (Å²) in [6.07, 6.45) is 0. The molecule has 2 aromatic carbocycles. The Bertz CT molecular complexity index is 703. The van der Waals surface area contributed by atoms with E-state index in [4.69, 9.17) is 9.84 Å². The quantitative estimate of drug-likeness (QED) is 0.269. The standard InChI is InChI=1S/C16H17N3O4/c1-23-16(22)12-7-3-5-9-14(12)19-18-10-17-13-8-4-2-6-11(13)15(20)21/h2-9,17-19H,10H2,1H3,(H,20,21). The molecule has 120 valence electrons. The zero-order valence-corrected chi connectivity index (χ0v) is 12.5. The average Bonchev–Trinajstić information content (AvgIpc) is 2.58. The number of carbonyl (C=O) groups is 2. The van der Waals surface area contributed by atoms with Crippen LogP contribution in [0.3, 0.4) is 0 Å². The van der Waals surface area contributed by atoms with Crippen molar-refractivity contribution in [3.8, 4) is 0 Å². The lowest BCUT2D eigenvalue weighted by Gasteiger charge is -2.14. The second kappa shape index (κ2) is 7.81. The van der Waals surface area contributed by atoms with Gasteiger partial charge in [-0.25, -0.2) is 15.0 Å². The maximum atomic E-state index is 11.6. The fourth-order valence-corrected chi connectivity index (χ4v) is 1.98. The van der Waals surface area contributed by atoms with Crippen molar-refractivity contribution in [2.24, 2.45) is 0 Å². The smallest absolute Gasteiger partial charge is 0.340 e. The van der Waals surface area contributed by atoms with E-state index >= 15 is 0 Å². The first-order valence-corrected chi connectivity index (χ1v) is 6.86. The summed E-state index contributed by atoms with van der Waals surface area (Å²) in [7, 11) is 1.32. The minimum Gasteiger partial charge on any atom is -0.478 e. The van der Waals surface area contributed by atoms with Crippen LogP contribution in [0.15, 0.2) is 48.5 Å². The second-order valence-electron chi connectivity index (χ2n) is 4.54. The third-order valence-corrected chi connectivity index (χ3v) is 3.08. The minimum absolute atomic E-state index is 0.185. The lowest BCUT2D eigenvalue weighted by atomic mass is 10.2. The molecule has 0 amide bonds. The van der Waals surface area contributed by atoms with Gasteiger partial charge < -0.3 is 20.6 Å². The van der Waals surface area contributed by atoms with Crippen LogP contribution in [-0.4, -0.2) is 30.8 Å². The molecule has 0 bridgehead atoms. The molecule has 0 heterocycles. The Morgan fingerprint density at radius 3 is 2.26 bits per heavy atom. The molecule has 2 rings (SSSR count). The highest BCUT2D eigenvalue weighted by molar-refractivity contribution is 5.95. The van der Waals surface area contributed by atoms with Gasteiger partial charge in [0.25, 0.3) is 0 Å². The molecular formula is C16H17N3O4. The Morgan fingerprint density at radius 2 is 1.61 bits per heavy atom. The predicted molar refractivity (Wildman–Crippen MR) is 86.4 cm³/mol. The summed E-state index contributed by atoms with van der Waals surface area (Å²) >= 11 is 0. The van der Waals surface area contributed by atoms with Gasteiger partial charge in [-0.2, -0.15) is 0 Å². The van der Waals surface area contributed by atoms with Crippen molar-refractivity contribution in [3.05, 3.63) is 59.7 Å². The number of hydrogen-bond donors (Lipinski definition) is 4. The molecule has 0 saturated heterocycles. The number of carboxylic acids is 1. The minimum atomic E-state index is -1.00. The number of rotatable bonds is 7. The maximum Gasteiger partial charge on any atom is 0.340 e. The van der Waals surface area contributed by atoms with E-state index in [1.54, 1.807) is 42.5 Å². The van der Waals surface area contributed by atoms with E-state index in [1.165, 1.54) is 13.2 Å². The number of para-hydroxylation sites is 2. The SMILES string of the molecule is COC(=O)c1ccccc1NNCNc1ccccc1C(=O)O. The first-order valence-electron chi connectivity index (χ1n) is 6.86. The predicted octanol–water partition coefficient (Wildman–Crippen LogP) is 2.16. The van der Waals surface area contributed by atoms with Crippen molar-refractivity contribution in [1.82, 2.24) is 5.43 Å². The number of hydrazine groups is 1. The van der Waals surface area contributed by atoms with Gasteiger partial charge in [-0.05, 0) is 24.3 Å². The van der Waals surface area contributed by atoms with Crippen LogP contribution in [0.25, 0.3) is 0 Å². The van der Waals surface area contributed by atoms with Gasteiger partial charge in [0.2, 0.25) is 0 Å². The number of nitrogens with one attached hydrogen (secondary N) is 3. The number of carbonyl (C=O) groups excluding carboxylic acids is 1. The van der Waals surface area contributed by atoms with Crippen molar-refractivity contribution >= 4 is 23.3 Å². The van der Waals surface area contributed by atoms with E-state index in [0.29, 0.717) is 16.9 Å². The third kappa shape index (κ3) is 4.21. The monoisotopic (exact) mass is 315 g/mol. The Labute approximate surface area is 133 Å². The van der Waals surface area contributed by atoms with Gasteiger partial charge in [0, 0.05) is 5.69 Å². The van der Waals surface area contributed by atoms with Crippen molar-refractivity contribution < 1.29 is 19.4 Å². The highest BCUT2D eigenvalue weighted by atomic mass is 16.5. The largest absolute Gasteiger partial charge is 0.478 e. The Hall–Kier alpha value is -3.06. The average molecular weight is 315 g/mol. The summed E-state index contributed by atoms with van der Waals surface area (Å²) in [6.45, 7) is 0.250. The first-order chi connectivity index (χ1) is 11.1. The van der Waals surface area contributed by atoms with E-state index < -0.39 is 11.9 Å². The molecule has 0 fully saturated rings. The molecule has 2 aromatic rings. The van der Waals surface area contributed by atoms with Gasteiger partial charge in [0.05, 0.1) is 30.6 Å². The van der Waals surface area contributed by atoms with Gasteiger partial charge in [0.1, 0.15) is 0 Å². The van der Waals surface area contributed by atoms with Crippen molar-refractivity contribution in [1.29, 1.82) is 0 Å². The van der Waals surface area contributed by atoms with E-state index in [1.807, 2.05) is 0 Å². The number of ether oxygens (including phenoxy) is 1. The Balaban J connectivity index is 1.94. The van der Waals surface area contributed by atoms with E-state index in [2.05, 4.69) is 16.2 Å². The topological polar surface area (TPSA) is 99.7 Å². The zero-order valence-electron chi connectivity index (χ0n) is 12.5. The normalized spacial score (nSPS) is 9.96. The van der Waals surface area contributed by atoms with Crippen molar-refractivity contribution in [2.45, 2.75) is 0 Å². The zero-order chi connectivity index (χ0) is 16.7. The molecular weight excluding hydrogens is 298 g/mol. The molecule has 4 N–H and O–H groups in total. The summed E-state index contributed by atoms with van der Waals surface area (Å²) in [5.74, 6) is -1.45. The Morgan fingerprint density at radius 1 is 1.00 bits per heavy atom. The molecule has 0 radical (unpaired) electrons. The molecule has 0 aromatic heterocycles. The molecule has 0 unspecified atom stereocenters. The van der Waals surface area contributed by atoms with Crippen LogP contribution in [0.5, 0.6) is 0 Å². The van der Waals surface area contributed by atoms with Gasteiger partial charge in [0.15, 0.2) is 0 Å². The van der Waals surface area contributed by atoms with Crippen LogP contribution in [0, 0.1) is 0 Å². The van der Waals surface area contributed by atoms with E-state index in [0.717, 1.165) is 0 Å². The molecule has 0 aliphatic heterocycles. The summed E-state index contributed by atoms with van der Waals surface area (Å²) in [4.78, 5) is 22.7. The highest BCUT2D eigenvalue weighted by Gasteiger charge is 2.11. The summed E-state index contributed by atoms with van der Waals surface area (Å²) < 4.78 is 4.71. The molecule has 23 heavy (non-hydrogen) atoms. The fourth-order valence-electron chi connectivity index (χ4n) is 1.98. The molecule has 0 saturated carbocycles. The molecule has 7 nitrogen and oxygen atoms in total. The highest BCUT2D eigenvalue weighted by Crippen LogP contribution is 2.16. The van der Waals surface area contributed by atoms with Crippen LogP contribution in [0.1, 0.15) is 20.7 Å². The first kappa shape index (κ1) is 16.3. The lowest BCUT2D eigenvalue weighted by molar-refractivity contribution is 0.0600. The number of esters is 1. The fraction of sp³-hybridized carbons (Fsp3) is 0.125. The van der Waals surface area contributed by atoms with Crippen LogP contribution in [0.2, 0.25) is 0 Å². The van der Waals surface area contributed by atoms with Crippen molar-refractivity contribution in [2.75, 3.05) is 24.5 Å². The van der Waals surface area contributed by atoms with Gasteiger partial charge in [-0.15, -0.1) is 0 Å².